The molecule has 1 amide bonds. The summed E-state index contributed by atoms with van der Waals surface area (Å²) in [6, 6.07) is 0. The monoisotopic (exact) mass is 244 g/mol. The maximum atomic E-state index is 13.3. The molecule has 2 rings (SSSR count). The van der Waals surface area contributed by atoms with Gasteiger partial charge in [-0.1, -0.05) is 6.92 Å². The normalized spacial score (nSPS) is 32.5. The van der Waals surface area contributed by atoms with Crippen molar-refractivity contribution in [2.45, 2.75) is 25.9 Å². The van der Waals surface area contributed by atoms with Crippen LogP contribution >= 0.6 is 0 Å². The zero-order valence-corrected chi connectivity index (χ0v) is 10.5. The number of hydrogen-bond acceptors (Lipinski definition) is 2. The Hall–Kier alpha value is -0.840. The molecule has 0 bridgehead atoms. The van der Waals surface area contributed by atoms with Gasteiger partial charge in [-0.15, -0.1) is 0 Å². The van der Waals surface area contributed by atoms with E-state index in [1.54, 1.807) is 6.92 Å². The number of rotatable bonds is 3. The van der Waals surface area contributed by atoms with Gasteiger partial charge in [0.15, 0.2) is 0 Å². The Morgan fingerprint density at radius 3 is 2.59 bits per heavy atom. The van der Waals surface area contributed by atoms with Crippen molar-refractivity contribution in [3.05, 3.63) is 0 Å². The molecule has 2 unspecified atom stereocenters. The summed E-state index contributed by atoms with van der Waals surface area (Å²) in [5.74, 6) is 0.849. The maximum Gasteiger partial charge on any atom is 0.407 e. The van der Waals surface area contributed by atoms with E-state index >= 15 is 0 Å². The fraction of sp³-hybridized carbons (Fsp3) is 0.917. The zero-order chi connectivity index (χ0) is 12.6. The van der Waals surface area contributed by atoms with E-state index in [2.05, 4.69) is 11.8 Å². The van der Waals surface area contributed by atoms with Gasteiger partial charge in [0.2, 0.25) is 0 Å². The zero-order valence-electron chi connectivity index (χ0n) is 10.5. The molecule has 0 spiro atoms. The second kappa shape index (κ2) is 4.44. The quantitative estimate of drug-likeness (QED) is 0.821. The fourth-order valence-corrected chi connectivity index (χ4v) is 2.96. The van der Waals surface area contributed by atoms with Crippen LogP contribution in [0.2, 0.25) is 0 Å². The number of halogens is 1. The third-order valence-corrected chi connectivity index (χ3v) is 3.96. The lowest BCUT2D eigenvalue weighted by atomic mass is 9.92. The van der Waals surface area contributed by atoms with Gasteiger partial charge in [0.25, 0.3) is 0 Å². The summed E-state index contributed by atoms with van der Waals surface area (Å²) in [7, 11) is 0. The number of carboxylic acid groups (broad SMARTS) is 1. The first-order valence-corrected chi connectivity index (χ1v) is 6.26. The Kier molecular flexibility index (Phi) is 3.30. The topological polar surface area (TPSA) is 43.8 Å². The van der Waals surface area contributed by atoms with Gasteiger partial charge in [0, 0.05) is 26.2 Å². The van der Waals surface area contributed by atoms with Crippen LogP contribution in [-0.4, -0.2) is 59.4 Å². The number of carbonyl (C=O) groups is 1. The summed E-state index contributed by atoms with van der Waals surface area (Å²) < 4.78 is 13.3. The SMILES string of the molecule is CC1CN(C(=O)O)CC1CCN1CC(C)(F)C1. The lowest BCUT2D eigenvalue weighted by Gasteiger charge is -2.42. The van der Waals surface area contributed by atoms with Crippen molar-refractivity contribution in [1.29, 1.82) is 0 Å². The predicted octanol–water partition coefficient (Wildman–Crippen LogP) is 1.67. The first kappa shape index (κ1) is 12.6. The molecule has 2 atom stereocenters. The van der Waals surface area contributed by atoms with Crippen molar-refractivity contribution in [2.75, 3.05) is 32.7 Å². The van der Waals surface area contributed by atoms with Crippen LogP contribution in [0.25, 0.3) is 0 Å². The van der Waals surface area contributed by atoms with Crippen LogP contribution in [0.4, 0.5) is 9.18 Å². The second-order valence-corrected chi connectivity index (χ2v) is 5.84. The fourth-order valence-electron chi connectivity index (χ4n) is 2.96. The number of amides is 1. The van der Waals surface area contributed by atoms with Gasteiger partial charge in [-0.05, 0) is 31.7 Å². The van der Waals surface area contributed by atoms with Crippen LogP contribution in [0.1, 0.15) is 20.3 Å². The van der Waals surface area contributed by atoms with Crippen LogP contribution in [0, 0.1) is 11.8 Å². The van der Waals surface area contributed by atoms with Crippen molar-refractivity contribution in [3.8, 4) is 0 Å². The van der Waals surface area contributed by atoms with Crippen molar-refractivity contribution >= 4 is 6.09 Å². The minimum absolute atomic E-state index is 0.420. The smallest absolute Gasteiger partial charge is 0.407 e. The molecule has 1 N–H and O–H groups in total. The molecule has 0 radical (unpaired) electrons. The number of alkyl halides is 1. The highest BCUT2D eigenvalue weighted by Gasteiger charge is 2.39. The summed E-state index contributed by atoms with van der Waals surface area (Å²) in [5, 5.41) is 8.92. The summed E-state index contributed by atoms with van der Waals surface area (Å²) >= 11 is 0. The summed E-state index contributed by atoms with van der Waals surface area (Å²) in [6.45, 7) is 6.95. The van der Waals surface area contributed by atoms with Crippen LogP contribution in [-0.2, 0) is 0 Å². The molecule has 0 aromatic carbocycles. The minimum atomic E-state index is -1.01. The van der Waals surface area contributed by atoms with E-state index in [4.69, 9.17) is 5.11 Å². The van der Waals surface area contributed by atoms with Gasteiger partial charge >= 0.3 is 6.09 Å². The maximum absolute atomic E-state index is 13.3. The van der Waals surface area contributed by atoms with Gasteiger partial charge in [0.05, 0.1) is 0 Å². The highest BCUT2D eigenvalue weighted by Crippen LogP contribution is 2.29. The summed E-state index contributed by atoms with van der Waals surface area (Å²) in [6.07, 6.45) is 0.153. The van der Waals surface area contributed by atoms with Crippen molar-refractivity contribution in [1.82, 2.24) is 9.80 Å². The van der Waals surface area contributed by atoms with Gasteiger partial charge in [-0.2, -0.15) is 0 Å². The van der Waals surface area contributed by atoms with Gasteiger partial charge in [-0.3, -0.25) is 4.90 Å². The lowest BCUT2D eigenvalue weighted by Crippen LogP contribution is -2.57. The van der Waals surface area contributed by atoms with Gasteiger partial charge < -0.3 is 10.0 Å². The molecular weight excluding hydrogens is 223 g/mol. The Balaban J connectivity index is 1.72. The molecule has 2 fully saturated rings. The Morgan fingerprint density at radius 1 is 1.47 bits per heavy atom. The third kappa shape index (κ3) is 2.89. The van der Waals surface area contributed by atoms with E-state index < -0.39 is 11.8 Å². The van der Waals surface area contributed by atoms with Gasteiger partial charge in [-0.25, -0.2) is 9.18 Å². The molecule has 5 heteroatoms. The van der Waals surface area contributed by atoms with E-state index in [-0.39, 0.29) is 0 Å². The van der Waals surface area contributed by atoms with E-state index in [1.807, 2.05) is 0 Å². The average Bonchev–Trinajstić information content (AvgIpc) is 2.54. The number of hydrogen-bond donors (Lipinski definition) is 1. The summed E-state index contributed by atoms with van der Waals surface area (Å²) in [5.41, 5.74) is -1.01. The van der Waals surface area contributed by atoms with Crippen LogP contribution in [0.3, 0.4) is 0 Å². The van der Waals surface area contributed by atoms with Crippen molar-refractivity contribution in [3.63, 3.8) is 0 Å². The molecule has 2 aliphatic rings. The lowest BCUT2D eigenvalue weighted by molar-refractivity contribution is -0.0202. The predicted molar refractivity (Wildman–Crippen MR) is 62.8 cm³/mol. The Bertz CT molecular complexity index is 301. The number of nitrogens with zero attached hydrogens (tertiary/aromatic N) is 2. The molecule has 17 heavy (non-hydrogen) atoms. The van der Waals surface area contributed by atoms with E-state index in [0.29, 0.717) is 38.0 Å². The molecule has 0 saturated carbocycles. The van der Waals surface area contributed by atoms with Crippen molar-refractivity contribution in [2.24, 2.45) is 11.8 Å². The van der Waals surface area contributed by atoms with Crippen LogP contribution < -0.4 is 0 Å². The number of likely N-dealkylation sites (tertiary alicyclic amines) is 2. The molecule has 0 aromatic rings. The van der Waals surface area contributed by atoms with Crippen LogP contribution in [0.5, 0.6) is 0 Å². The van der Waals surface area contributed by atoms with Gasteiger partial charge in [0.1, 0.15) is 5.67 Å². The van der Waals surface area contributed by atoms with Crippen LogP contribution in [0.15, 0.2) is 0 Å². The largest absolute Gasteiger partial charge is 0.465 e. The average molecular weight is 244 g/mol. The van der Waals surface area contributed by atoms with E-state index in [0.717, 1.165) is 13.0 Å². The molecule has 0 aromatic heterocycles. The Morgan fingerprint density at radius 2 is 2.12 bits per heavy atom. The molecule has 4 nitrogen and oxygen atoms in total. The molecular formula is C12H21FN2O2. The molecule has 98 valence electrons. The molecule has 2 saturated heterocycles. The standard InChI is InChI=1S/C12H21FN2O2/c1-9-5-15(11(16)17)6-10(9)3-4-14-7-12(2,13)8-14/h9-10H,3-8H2,1-2H3,(H,16,17). The second-order valence-electron chi connectivity index (χ2n) is 5.84. The van der Waals surface area contributed by atoms with E-state index in [1.165, 1.54) is 4.90 Å². The molecule has 2 heterocycles. The highest BCUT2D eigenvalue weighted by atomic mass is 19.1. The first-order valence-electron chi connectivity index (χ1n) is 6.26. The van der Waals surface area contributed by atoms with Crippen molar-refractivity contribution < 1.29 is 14.3 Å². The highest BCUT2D eigenvalue weighted by molar-refractivity contribution is 5.65. The first-order chi connectivity index (χ1) is 7.87. The third-order valence-electron chi connectivity index (χ3n) is 3.96. The summed E-state index contributed by atoms with van der Waals surface area (Å²) in [4.78, 5) is 14.4. The molecule has 2 aliphatic heterocycles. The Labute approximate surface area is 101 Å². The minimum Gasteiger partial charge on any atom is -0.465 e. The van der Waals surface area contributed by atoms with E-state index in [9.17, 15) is 9.18 Å². The molecule has 0 aliphatic carbocycles.